The van der Waals surface area contributed by atoms with Crippen LogP contribution in [0.4, 0.5) is 0 Å². The average Bonchev–Trinajstić information content (AvgIpc) is 3.10. The molecule has 0 saturated carbocycles. The summed E-state index contributed by atoms with van der Waals surface area (Å²) in [7, 11) is 1.51. The van der Waals surface area contributed by atoms with Crippen LogP contribution < -0.4 is 19.6 Å². The first kappa shape index (κ1) is 19.1. The number of ketones is 1. The van der Waals surface area contributed by atoms with Crippen LogP contribution in [0.25, 0.3) is 11.0 Å². The SMILES string of the molecule is COc1ccc2occ([C@@H]3CC(=O)Oc4ccc5c(c43)OC(=C(C)C)C5=O)c(=O)c2c1. The van der Waals surface area contributed by atoms with Crippen molar-refractivity contribution in [3.8, 4) is 17.2 Å². The summed E-state index contributed by atoms with van der Waals surface area (Å²) in [5.74, 6) is -0.0347. The number of rotatable bonds is 2. The van der Waals surface area contributed by atoms with E-state index in [0.717, 1.165) is 5.57 Å². The van der Waals surface area contributed by atoms with Crippen molar-refractivity contribution in [3.05, 3.63) is 74.8 Å². The van der Waals surface area contributed by atoms with Gasteiger partial charge in [-0.05, 0) is 49.8 Å². The molecule has 31 heavy (non-hydrogen) atoms. The van der Waals surface area contributed by atoms with Gasteiger partial charge in [0.15, 0.2) is 11.2 Å². The fourth-order valence-corrected chi connectivity index (χ4v) is 4.08. The van der Waals surface area contributed by atoms with Crippen molar-refractivity contribution in [1.29, 1.82) is 0 Å². The minimum absolute atomic E-state index is 0.0780. The number of fused-ring (bicyclic) bond motifs is 4. The Balaban J connectivity index is 1.75. The van der Waals surface area contributed by atoms with Gasteiger partial charge in [-0.3, -0.25) is 14.4 Å². The topological polar surface area (TPSA) is 92.0 Å². The highest BCUT2D eigenvalue weighted by Gasteiger charge is 2.39. The zero-order valence-corrected chi connectivity index (χ0v) is 17.1. The second-order valence-electron chi connectivity index (χ2n) is 7.73. The van der Waals surface area contributed by atoms with E-state index in [1.54, 1.807) is 44.2 Å². The molecule has 3 heterocycles. The van der Waals surface area contributed by atoms with Crippen LogP contribution in [-0.4, -0.2) is 18.9 Å². The molecule has 156 valence electrons. The maximum absolute atomic E-state index is 13.4. The monoisotopic (exact) mass is 418 g/mol. The molecule has 0 bridgehead atoms. The van der Waals surface area contributed by atoms with Crippen molar-refractivity contribution >= 4 is 22.7 Å². The summed E-state index contributed by atoms with van der Waals surface area (Å²) in [6, 6.07) is 8.10. The fourth-order valence-electron chi connectivity index (χ4n) is 4.08. The van der Waals surface area contributed by atoms with Crippen LogP contribution in [0.5, 0.6) is 17.2 Å². The Morgan fingerprint density at radius 2 is 1.87 bits per heavy atom. The van der Waals surface area contributed by atoms with Gasteiger partial charge in [-0.1, -0.05) is 0 Å². The molecule has 0 unspecified atom stereocenters. The number of hydrogen-bond acceptors (Lipinski definition) is 7. The fraction of sp³-hybridized carbons (Fsp3) is 0.208. The van der Waals surface area contributed by atoms with E-state index in [0.29, 0.717) is 33.6 Å². The van der Waals surface area contributed by atoms with Gasteiger partial charge < -0.3 is 18.6 Å². The minimum atomic E-state index is -0.678. The quantitative estimate of drug-likeness (QED) is 0.351. The van der Waals surface area contributed by atoms with Crippen LogP contribution in [-0.2, 0) is 4.79 Å². The first-order valence-corrected chi connectivity index (χ1v) is 9.76. The van der Waals surface area contributed by atoms with E-state index in [1.807, 2.05) is 0 Å². The van der Waals surface area contributed by atoms with Gasteiger partial charge in [-0.2, -0.15) is 0 Å². The summed E-state index contributed by atoms with van der Waals surface area (Å²) < 4.78 is 22.2. The normalized spacial score (nSPS) is 17.1. The molecule has 0 fully saturated rings. The van der Waals surface area contributed by atoms with E-state index in [1.165, 1.54) is 13.4 Å². The molecule has 0 saturated heterocycles. The maximum Gasteiger partial charge on any atom is 0.312 e. The first-order chi connectivity index (χ1) is 14.9. The Morgan fingerprint density at radius 3 is 2.61 bits per heavy atom. The number of hydrogen-bond donors (Lipinski definition) is 0. The molecular formula is C24H18O7. The third kappa shape index (κ3) is 2.84. The molecule has 7 nitrogen and oxygen atoms in total. The number of ether oxygens (including phenoxy) is 3. The third-order valence-corrected chi connectivity index (χ3v) is 5.59. The Kier molecular flexibility index (Phi) is 4.22. The van der Waals surface area contributed by atoms with E-state index in [4.69, 9.17) is 18.6 Å². The average molecular weight is 418 g/mol. The van der Waals surface area contributed by atoms with E-state index in [2.05, 4.69) is 0 Å². The summed E-state index contributed by atoms with van der Waals surface area (Å²) in [6.07, 6.45) is 1.29. The summed E-state index contributed by atoms with van der Waals surface area (Å²) in [5.41, 5.74) is 2.02. The van der Waals surface area contributed by atoms with Gasteiger partial charge >= 0.3 is 5.97 Å². The summed E-state index contributed by atoms with van der Waals surface area (Å²) >= 11 is 0. The molecule has 5 rings (SSSR count). The van der Waals surface area contributed by atoms with Crippen molar-refractivity contribution in [2.75, 3.05) is 7.11 Å². The summed E-state index contributed by atoms with van der Waals surface area (Å²) in [5, 5.41) is 0.340. The number of carbonyl (C=O) groups excluding carboxylic acids is 2. The second kappa shape index (κ2) is 6.84. The van der Waals surface area contributed by atoms with Gasteiger partial charge in [0.1, 0.15) is 22.8 Å². The molecule has 0 amide bonds. The number of carbonyl (C=O) groups is 2. The van der Waals surface area contributed by atoms with Crippen LogP contribution in [0.3, 0.4) is 0 Å². The van der Waals surface area contributed by atoms with Crippen LogP contribution in [0.2, 0.25) is 0 Å². The van der Waals surface area contributed by atoms with Gasteiger partial charge in [0, 0.05) is 17.0 Å². The predicted octanol–water partition coefficient (Wildman–Crippen LogP) is 4.11. The molecule has 2 aromatic carbocycles. The van der Waals surface area contributed by atoms with E-state index in [9.17, 15) is 14.4 Å². The second-order valence-corrected chi connectivity index (χ2v) is 7.73. The summed E-state index contributed by atoms with van der Waals surface area (Å²) in [6.45, 7) is 3.57. The predicted molar refractivity (Wildman–Crippen MR) is 111 cm³/mol. The Morgan fingerprint density at radius 1 is 1.06 bits per heavy atom. The molecule has 2 aliphatic rings. The molecule has 0 aliphatic carbocycles. The van der Waals surface area contributed by atoms with Crippen molar-refractivity contribution in [2.24, 2.45) is 0 Å². The van der Waals surface area contributed by atoms with Crippen molar-refractivity contribution in [1.82, 2.24) is 0 Å². The van der Waals surface area contributed by atoms with Crippen LogP contribution in [0.1, 0.15) is 47.7 Å². The smallest absolute Gasteiger partial charge is 0.312 e. The number of allylic oxidation sites excluding steroid dienone is 2. The molecule has 7 heteroatoms. The van der Waals surface area contributed by atoms with Crippen molar-refractivity contribution in [2.45, 2.75) is 26.2 Å². The number of methoxy groups -OCH3 is 1. The largest absolute Gasteiger partial charge is 0.497 e. The Hall–Kier alpha value is -3.87. The van der Waals surface area contributed by atoms with E-state index < -0.39 is 11.9 Å². The van der Waals surface area contributed by atoms with Crippen molar-refractivity contribution < 1.29 is 28.2 Å². The van der Waals surface area contributed by atoms with Gasteiger partial charge in [-0.15, -0.1) is 0 Å². The van der Waals surface area contributed by atoms with E-state index >= 15 is 0 Å². The Labute approximate surface area is 176 Å². The van der Waals surface area contributed by atoms with Gasteiger partial charge in [0.05, 0.1) is 30.7 Å². The maximum atomic E-state index is 13.4. The highest BCUT2D eigenvalue weighted by molar-refractivity contribution is 6.13. The first-order valence-electron chi connectivity index (χ1n) is 9.76. The lowest BCUT2D eigenvalue weighted by Crippen LogP contribution is -2.25. The van der Waals surface area contributed by atoms with Crippen molar-refractivity contribution in [3.63, 3.8) is 0 Å². The lowest BCUT2D eigenvalue weighted by Gasteiger charge is -2.25. The molecule has 2 aliphatic heterocycles. The standard InChI is InChI=1S/C24H18O7/c1-11(2)23-22(27)13-5-7-18-20(24(13)31-23)14(9-19(25)30-18)16-10-29-17-6-4-12(28-3)8-15(17)21(16)26/h4-8,10,14H,9H2,1-3H3/t14-/m0/s1. The number of benzene rings is 2. The Bertz CT molecular complexity index is 1370. The minimum Gasteiger partial charge on any atom is -0.497 e. The molecular weight excluding hydrogens is 400 g/mol. The zero-order chi connectivity index (χ0) is 21.9. The molecule has 3 aromatic rings. The van der Waals surface area contributed by atoms with Gasteiger partial charge in [0.2, 0.25) is 5.78 Å². The number of Topliss-reactive ketones (excluding diaryl/α,β-unsaturated/α-hetero) is 1. The van der Waals surface area contributed by atoms with Crippen LogP contribution in [0.15, 0.2) is 57.1 Å². The van der Waals surface area contributed by atoms with Crippen LogP contribution >= 0.6 is 0 Å². The van der Waals surface area contributed by atoms with Gasteiger partial charge in [-0.25, -0.2) is 0 Å². The van der Waals surface area contributed by atoms with Crippen LogP contribution in [0, 0.1) is 0 Å². The van der Waals surface area contributed by atoms with Gasteiger partial charge in [0.25, 0.3) is 0 Å². The highest BCUT2D eigenvalue weighted by Crippen LogP contribution is 2.48. The lowest BCUT2D eigenvalue weighted by atomic mass is 9.85. The third-order valence-electron chi connectivity index (χ3n) is 5.59. The molecule has 1 aromatic heterocycles. The molecule has 0 radical (unpaired) electrons. The molecule has 0 spiro atoms. The molecule has 1 atom stereocenters. The summed E-state index contributed by atoms with van der Waals surface area (Å²) in [4.78, 5) is 38.5. The van der Waals surface area contributed by atoms with E-state index in [-0.39, 0.29) is 34.7 Å². The number of esters is 1. The molecule has 0 N–H and O–H groups in total. The zero-order valence-electron chi connectivity index (χ0n) is 17.1. The lowest BCUT2D eigenvalue weighted by molar-refractivity contribution is -0.135. The highest BCUT2D eigenvalue weighted by atomic mass is 16.5.